The monoisotopic (exact) mass is 188 g/mol. The molecule has 0 bridgehead atoms. The molecule has 0 aliphatic rings. The Morgan fingerprint density at radius 2 is 2.25 bits per heavy atom. The van der Waals surface area contributed by atoms with Crippen LogP contribution < -0.4 is 34.7 Å². The van der Waals surface area contributed by atoms with Gasteiger partial charge in [-0.25, -0.2) is 0 Å². The molecule has 1 atom stereocenters. The van der Waals surface area contributed by atoms with Gasteiger partial charge in [0.1, 0.15) is 0 Å². The van der Waals surface area contributed by atoms with Gasteiger partial charge in [-0.3, -0.25) is 0 Å². The molecule has 0 rings (SSSR count). The van der Waals surface area contributed by atoms with Crippen molar-refractivity contribution in [2.45, 2.75) is 18.2 Å². The van der Waals surface area contributed by atoms with E-state index in [0.29, 0.717) is 0 Å². The van der Waals surface area contributed by atoms with E-state index >= 15 is 0 Å². The molecule has 8 heavy (non-hydrogen) atoms. The summed E-state index contributed by atoms with van der Waals surface area (Å²) in [4.78, 5) is 9.69. The molecule has 0 aliphatic heterocycles. The van der Waals surface area contributed by atoms with Crippen LogP contribution in [0.1, 0.15) is 13.3 Å². The molecule has 0 aromatic rings. The van der Waals surface area contributed by atoms with Crippen molar-refractivity contribution < 1.29 is 39.5 Å². The van der Waals surface area contributed by atoms with E-state index in [1.54, 1.807) is 6.92 Å². The van der Waals surface area contributed by atoms with E-state index in [0.717, 1.165) is 0 Å². The summed E-state index contributed by atoms with van der Waals surface area (Å²) in [5.41, 5.74) is 0. The number of carbonyl (C=O) groups excluding carboxylic acids is 1. The molecular weight excluding hydrogens is 183 g/mol. The average Bonchev–Trinajstić information content (AvgIpc) is 1.27. The van der Waals surface area contributed by atoms with E-state index in [4.69, 9.17) is 0 Å². The summed E-state index contributed by atoms with van der Waals surface area (Å²) in [6.45, 7) is 1.76. The summed E-state index contributed by atoms with van der Waals surface area (Å²) < 4.78 is 0. The van der Waals surface area contributed by atoms with Crippen molar-refractivity contribution in [3.05, 3.63) is 0 Å². The maximum absolute atomic E-state index is 9.67. The minimum atomic E-state index is -1.01. The van der Waals surface area contributed by atoms with Gasteiger partial charge in [0.25, 0.3) is 0 Å². The predicted octanol–water partition coefficient (Wildman–Crippen LogP) is -3.09. The molecular formula is C4H6BrNaO2. The van der Waals surface area contributed by atoms with Gasteiger partial charge in [0.05, 0.1) is 0 Å². The van der Waals surface area contributed by atoms with E-state index < -0.39 is 5.97 Å². The Labute approximate surface area is 79.1 Å². The van der Waals surface area contributed by atoms with Crippen LogP contribution in [0.2, 0.25) is 0 Å². The van der Waals surface area contributed by atoms with Crippen LogP contribution in [0, 0.1) is 0 Å². The molecule has 0 spiro atoms. The van der Waals surface area contributed by atoms with E-state index in [9.17, 15) is 9.90 Å². The standard InChI is InChI=1S/C4H7BrO2.Na/c1-3(5)2-4(6)7;/h3H,2H2,1H3,(H,6,7);/q;+1/p-1. The van der Waals surface area contributed by atoms with Gasteiger partial charge in [0.2, 0.25) is 0 Å². The van der Waals surface area contributed by atoms with Crippen LogP contribution in [0.3, 0.4) is 0 Å². The number of carbonyl (C=O) groups is 1. The Balaban J connectivity index is 0. The first-order chi connectivity index (χ1) is 3.13. The van der Waals surface area contributed by atoms with E-state index in [-0.39, 0.29) is 40.8 Å². The Bertz CT molecular complexity index is 74.4. The van der Waals surface area contributed by atoms with Crippen molar-refractivity contribution in [2.24, 2.45) is 0 Å². The Morgan fingerprint density at radius 1 is 1.88 bits per heavy atom. The maximum atomic E-state index is 9.67. The summed E-state index contributed by atoms with van der Waals surface area (Å²) in [6, 6.07) is 0. The molecule has 42 valence electrons. The summed E-state index contributed by atoms with van der Waals surface area (Å²) in [5, 5.41) is 9.67. The number of alkyl halides is 1. The molecule has 0 radical (unpaired) electrons. The van der Waals surface area contributed by atoms with Crippen LogP contribution in [-0.4, -0.2) is 10.8 Å². The molecule has 0 aromatic heterocycles. The van der Waals surface area contributed by atoms with Crippen LogP contribution in [0.25, 0.3) is 0 Å². The molecule has 0 amide bonds. The second-order valence-electron chi connectivity index (χ2n) is 1.36. The van der Waals surface area contributed by atoms with E-state index in [1.807, 2.05) is 0 Å². The third-order valence-electron chi connectivity index (χ3n) is 0.448. The molecule has 0 N–H and O–H groups in total. The molecule has 1 unspecified atom stereocenters. The predicted molar refractivity (Wildman–Crippen MR) is 28.0 cm³/mol. The van der Waals surface area contributed by atoms with Gasteiger partial charge in [-0.2, -0.15) is 0 Å². The third kappa shape index (κ3) is 10.0. The van der Waals surface area contributed by atoms with Gasteiger partial charge in [-0.05, 0) is 6.42 Å². The van der Waals surface area contributed by atoms with Crippen molar-refractivity contribution in [2.75, 3.05) is 0 Å². The SMILES string of the molecule is CC(Br)CC(=O)[O-].[Na+]. The maximum Gasteiger partial charge on any atom is 1.00 e. The first kappa shape index (κ1) is 11.7. The fraction of sp³-hybridized carbons (Fsp3) is 0.750. The quantitative estimate of drug-likeness (QED) is 0.341. The van der Waals surface area contributed by atoms with Gasteiger partial charge in [0.15, 0.2) is 0 Å². The fourth-order valence-corrected chi connectivity index (χ4v) is 0.494. The minimum absolute atomic E-state index is 0. The van der Waals surface area contributed by atoms with Gasteiger partial charge >= 0.3 is 29.6 Å². The van der Waals surface area contributed by atoms with Crippen molar-refractivity contribution >= 4 is 21.9 Å². The number of carboxylic acid groups (broad SMARTS) is 1. The van der Waals surface area contributed by atoms with Gasteiger partial charge < -0.3 is 9.90 Å². The fourth-order valence-electron chi connectivity index (χ4n) is 0.230. The molecule has 0 heterocycles. The van der Waals surface area contributed by atoms with Crippen LogP contribution >= 0.6 is 15.9 Å². The van der Waals surface area contributed by atoms with E-state index in [2.05, 4.69) is 15.9 Å². The molecule has 0 aliphatic carbocycles. The average molecular weight is 189 g/mol. The number of carboxylic acids is 1. The summed E-state index contributed by atoms with van der Waals surface area (Å²) in [5.74, 6) is -1.01. The molecule has 0 saturated heterocycles. The zero-order chi connectivity index (χ0) is 5.86. The first-order valence-electron chi connectivity index (χ1n) is 1.97. The van der Waals surface area contributed by atoms with Crippen molar-refractivity contribution in [3.63, 3.8) is 0 Å². The minimum Gasteiger partial charge on any atom is -0.550 e. The van der Waals surface area contributed by atoms with Crippen molar-refractivity contribution in [1.82, 2.24) is 0 Å². The summed E-state index contributed by atoms with van der Waals surface area (Å²) in [7, 11) is 0. The topological polar surface area (TPSA) is 40.1 Å². The van der Waals surface area contributed by atoms with Gasteiger partial charge in [-0.1, -0.05) is 22.9 Å². The van der Waals surface area contributed by atoms with Crippen molar-refractivity contribution in [3.8, 4) is 0 Å². The molecule has 0 saturated carbocycles. The number of aliphatic carboxylic acids is 1. The molecule has 4 heteroatoms. The Kier molecular flexibility index (Phi) is 8.89. The number of rotatable bonds is 2. The van der Waals surface area contributed by atoms with Crippen LogP contribution in [-0.2, 0) is 4.79 Å². The zero-order valence-corrected chi connectivity index (χ0v) is 8.56. The number of hydrogen-bond donors (Lipinski definition) is 0. The van der Waals surface area contributed by atoms with Gasteiger partial charge in [-0.15, -0.1) is 0 Å². The van der Waals surface area contributed by atoms with E-state index in [1.165, 1.54) is 0 Å². The molecule has 0 fully saturated rings. The summed E-state index contributed by atoms with van der Waals surface area (Å²) >= 11 is 3.05. The van der Waals surface area contributed by atoms with Crippen LogP contribution in [0.5, 0.6) is 0 Å². The first-order valence-corrected chi connectivity index (χ1v) is 2.88. The Hall–Kier alpha value is 0.950. The normalized spacial score (nSPS) is 11.8. The summed E-state index contributed by atoms with van der Waals surface area (Å²) in [6.07, 6.45) is 0.0833. The number of hydrogen-bond acceptors (Lipinski definition) is 2. The van der Waals surface area contributed by atoms with Crippen molar-refractivity contribution in [1.29, 1.82) is 0 Å². The van der Waals surface area contributed by atoms with Crippen LogP contribution in [0.4, 0.5) is 0 Å². The number of halogens is 1. The van der Waals surface area contributed by atoms with Gasteiger partial charge in [0, 0.05) is 10.8 Å². The largest absolute Gasteiger partial charge is 1.00 e. The third-order valence-corrected chi connectivity index (χ3v) is 0.772. The van der Waals surface area contributed by atoms with Crippen LogP contribution in [0.15, 0.2) is 0 Å². The Morgan fingerprint density at radius 3 is 2.25 bits per heavy atom. The molecule has 0 aromatic carbocycles. The zero-order valence-electron chi connectivity index (χ0n) is 4.98. The smallest absolute Gasteiger partial charge is 0.550 e. The molecule has 2 nitrogen and oxygen atoms in total. The second kappa shape index (κ2) is 6.08. The second-order valence-corrected chi connectivity index (χ2v) is 2.92.